The van der Waals surface area contributed by atoms with E-state index in [9.17, 15) is 4.79 Å². The largest absolute Gasteiger partial charge is 0.481 e. The fourth-order valence-electron chi connectivity index (χ4n) is 1.44. The molecule has 0 bridgehead atoms. The molecule has 5 nitrogen and oxygen atoms in total. The molecule has 0 unspecified atom stereocenters. The molecule has 1 aromatic heterocycles. The van der Waals surface area contributed by atoms with Gasteiger partial charge in [0.2, 0.25) is 0 Å². The fraction of sp³-hybridized carbons (Fsp3) is 0.600. The summed E-state index contributed by atoms with van der Waals surface area (Å²) in [7, 11) is 3.86. The molecule has 0 atom stereocenters. The van der Waals surface area contributed by atoms with Gasteiger partial charge in [0.05, 0.1) is 6.20 Å². The van der Waals surface area contributed by atoms with E-state index in [2.05, 4.69) is 10.00 Å². The van der Waals surface area contributed by atoms with Crippen molar-refractivity contribution in [3.63, 3.8) is 0 Å². The lowest BCUT2D eigenvalue weighted by Gasteiger charge is -2.14. The minimum Gasteiger partial charge on any atom is -0.481 e. The van der Waals surface area contributed by atoms with Gasteiger partial charge < -0.3 is 10.0 Å². The number of carboxylic acid groups (broad SMARTS) is 1. The highest BCUT2D eigenvalue weighted by Gasteiger charge is 2.03. The van der Waals surface area contributed by atoms with Crippen molar-refractivity contribution in [1.29, 1.82) is 0 Å². The van der Waals surface area contributed by atoms with E-state index in [1.165, 1.54) is 0 Å². The Morgan fingerprint density at radius 1 is 1.67 bits per heavy atom. The predicted octanol–water partition coefficient (Wildman–Crippen LogP) is 0.717. The molecule has 0 saturated carbocycles. The van der Waals surface area contributed by atoms with E-state index < -0.39 is 5.97 Å². The van der Waals surface area contributed by atoms with E-state index >= 15 is 0 Å². The number of carbonyl (C=O) groups is 1. The maximum atomic E-state index is 10.3. The zero-order valence-corrected chi connectivity index (χ0v) is 9.18. The van der Waals surface area contributed by atoms with Crippen LogP contribution in [0.25, 0.3) is 0 Å². The number of hydrogen-bond donors (Lipinski definition) is 1. The van der Waals surface area contributed by atoms with Crippen LogP contribution in [-0.4, -0.2) is 39.3 Å². The standard InChI is InChI=1S/C10H17N3O2/c1-12(5-3-4-10(14)15)7-9-6-11-13(2)8-9/h6,8H,3-5,7H2,1-2H3,(H,14,15). The highest BCUT2D eigenvalue weighted by Crippen LogP contribution is 2.02. The Labute approximate surface area is 89.3 Å². The van der Waals surface area contributed by atoms with E-state index in [0.29, 0.717) is 6.42 Å². The maximum absolute atomic E-state index is 10.3. The van der Waals surface area contributed by atoms with Gasteiger partial charge in [-0.05, 0) is 20.0 Å². The predicted molar refractivity (Wildman–Crippen MR) is 56.4 cm³/mol. The van der Waals surface area contributed by atoms with Crippen LogP contribution in [0.3, 0.4) is 0 Å². The van der Waals surface area contributed by atoms with Gasteiger partial charge >= 0.3 is 5.97 Å². The summed E-state index contributed by atoms with van der Waals surface area (Å²) in [6, 6.07) is 0. The molecule has 84 valence electrons. The third-order valence-electron chi connectivity index (χ3n) is 2.14. The average molecular weight is 211 g/mol. The lowest BCUT2D eigenvalue weighted by molar-refractivity contribution is -0.137. The molecule has 0 saturated heterocycles. The molecule has 1 rings (SSSR count). The van der Waals surface area contributed by atoms with Crippen LogP contribution < -0.4 is 0 Å². The molecule has 0 radical (unpaired) electrons. The van der Waals surface area contributed by atoms with Crippen LogP contribution in [0.1, 0.15) is 18.4 Å². The van der Waals surface area contributed by atoms with Gasteiger partial charge in [-0.1, -0.05) is 0 Å². The number of aliphatic carboxylic acids is 1. The number of aryl methyl sites for hydroxylation is 1. The normalized spacial score (nSPS) is 10.9. The molecule has 1 aromatic rings. The highest BCUT2D eigenvalue weighted by molar-refractivity contribution is 5.66. The van der Waals surface area contributed by atoms with Crippen molar-refractivity contribution in [3.05, 3.63) is 18.0 Å². The van der Waals surface area contributed by atoms with Crippen LogP contribution in [0.2, 0.25) is 0 Å². The topological polar surface area (TPSA) is 58.4 Å². The van der Waals surface area contributed by atoms with Crippen molar-refractivity contribution in [2.45, 2.75) is 19.4 Å². The zero-order valence-electron chi connectivity index (χ0n) is 9.18. The first-order valence-electron chi connectivity index (χ1n) is 4.96. The first-order valence-corrected chi connectivity index (χ1v) is 4.96. The lowest BCUT2D eigenvalue weighted by atomic mass is 10.3. The SMILES string of the molecule is CN(CCCC(=O)O)Cc1cnn(C)c1. The Balaban J connectivity index is 2.24. The van der Waals surface area contributed by atoms with Gasteiger partial charge in [0, 0.05) is 31.8 Å². The Hall–Kier alpha value is -1.36. The summed E-state index contributed by atoms with van der Waals surface area (Å²) >= 11 is 0. The molecule has 0 amide bonds. The molecule has 15 heavy (non-hydrogen) atoms. The second-order valence-electron chi connectivity index (χ2n) is 3.76. The van der Waals surface area contributed by atoms with Crippen molar-refractivity contribution >= 4 is 5.97 Å². The van der Waals surface area contributed by atoms with E-state index in [4.69, 9.17) is 5.11 Å². The molecule has 0 spiro atoms. The summed E-state index contributed by atoms with van der Waals surface area (Å²) in [5.74, 6) is -0.732. The maximum Gasteiger partial charge on any atom is 0.303 e. The second kappa shape index (κ2) is 5.50. The van der Waals surface area contributed by atoms with Gasteiger partial charge in [-0.3, -0.25) is 9.48 Å². The number of carboxylic acids is 1. The Bertz CT molecular complexity index is 322. The molecule has 0 fully saturated rings. The third-order valence-corrected chi connectivity index (χ3v) is 2.14. The van der Waals surface area contributed by atoms with Crippen LogP contribution in [-0.2, 0) is 18.4 Å². The molecule has 0 aliphatic heterocycles. The smallest absolute Gasteiger partial charge is 0.303 e. The molecular formula is C10H17N3O2. The van der Waals surface area contributed by atoms with Crippen molar-refractivity contribution < 1.29 is 9.90 Å². The van der Waals surface area contributed by atoms with Gasteiger partial charge in [0.15, 0.2) is 0 Å². The quantitative estimate of drug-likeness (QED) is 0.753. The second-order valence-corrected chi connectivity index (χ2v) is 3.76. The first-order chi connectivity index (χ1) is 7.08. The van der Waals surface area contributed by atoms with Crippen molar-refractivity contribution in [1.82, 2.24) is 14.7 Å². The van der Waals surface area contributed by atoms with Crippen LogP contribution in [0.4, 0.5) is 0 Å². The molecule has 0 aliphatic carbocycles. The monoisotopic (exact) mass is 211 g/mol. The van der Waals surface area contributed by atoms with E-state index in [1.807, 2.05) is 26.5 Å². The molecule has 5 heteroatoms. The Morgan fingerprint density at radius 3 is 2.93 bits per heavy atom. The summed E-state index contributed by atoms with van der Waals surface area (Å²) < 4.78 is 1.76. The van der Waals surface area contributed by atoms with Gasteiger partial charge in [0.1, 0.15) is 0 Å². The average Bonchev–Trinajstić information content (AvgIpc) is 2.50. The van der Waals surface area contributed by atoms with Crippen molar-refractivity contribution in [2.75, 3.05) is 13.6 Å². The van der Waals surface area contributed by atoms with E-state index in [0.717, 1.165) is 18.7 Å². The van der Waals surface area contributed by atoms with Crippen molar-refractivity contribution in [3.8, 4) is 0 Å². The van der Waals surface area contributed by atoms with Crippen LogP contribution in [0, 0.1) is 0 Å². The van der Waals surface area contributed by atoms with Crippen LogP contribution >= 0.6 is 0 Å². The van der Waals surface area contributed by atoms with Crippen LogP contribution in [0.5, 0.6) is 0 Å². The van der Waals surface area contributed by atoms with Gasteiger partial charge in [0.25, 0.3) is 0 Å². The van der Waals surface area contributed by atoms with Crippen molar-refractivity contribution in [2.24, 2.45) is 7.05 Å². The van der Waals surface area contributed by atoms with E-state index in [-0.39, 0.29) is 6.42 Å². The molecule has 0 aromatic carbocycles. The van der Waals surface area contributed by atoms with Crippen LogP contribution in [0.15, 0.2) is 12.4 Å². The highest BCUT2D eigenvalue weighted by atomic mass is 16.4. The first kappa shape index (κ1) is 11.7. The van der Waals surface area contributed by atoms with E-state index in [1.54, 1.807) is 4.68 Å². The summed E-state index contributed by atoms with van der Waals surface area (Å²) in [6.07, 6.45) is 4.71. The minimum absolute atomic E-state index is 0.234. The number of aromatic nitrogens is 2. The summed E-state index contributed by atoms with van der Waals surface area (Å²) in [4.78, 5) is 12.4. The minimum atomic E-state index is -0.732. The molecular weight excluding hydrogens is 194 g/mol. The summed E-state index contributed by atoms with van der Waals surface area (Å²) in [6.45, 7) is 1.61. The summed E-state index contributed by atoms with van der Waals surface area (Å²) in [5, 5.41) is 12.6. The third kappa shape index (κ3) is 4.60. The summed E-state index contributed by atoms with van der Waals surface area (Å²) in [5.41, 5.74) is 1.15. The van der Waals surface area contributed by atoms with Gasteiger partial charge in [-0.2, -0.15) is 5.10 Å². The number of hydrogen-bond acceptors (Lipinski definition) is 3. The molecule has 1 N–H and O–H groups in total. The Morgan fingerprint density at radius 2 is 2.40 bits per heavy atom. The zero-order chi connectivity index (χ0) is 11.3. The number of rotatable bonds is 6. The fourth-order valence-corrected chi connectivity index (χ4v) is 1.44. The van der Waals surface area contributed by atoms with Gasteiger partial charge in [-0.15, -0.1) is 0 Å². The van der Waals surface area contributed by atoms with Gasteiger partial charge in [-0.25, -0.2) is 0 Å². The molecule has 1 heterocycles. The number of nitrogens with zero attached hydrogens (tertiary/aromatic N) is 3. The Kier molecular flexibility index (Phi) is 4.30. The lowest BCUT2D eigenvalue weighted by Crippen LogP contribution is -2.19. The molecule has 0 aliphatic rings.